The summed E-state index contributed by atoms with van der Waals surface area (Å²) < 4.78 is 20.5. The first kappa shape index (κ1) is 23.4. The summed E-state index contributed by atoms with van der Waals surface area (Å²) in [6.07, 6.45) is 2.26. The van der Waals surface area contributed by atoms with Crippen LogP contribution in [0.15, 0.2) is 12.1 Å². The standard InChI is InChI=1S/C20H28N2O8/c1-13-5-7-20(8-6-13,19(24)29-4)21-18(23)14-11-16(28-3)17(30-10-9-27-2)12-15(14)22(25)26/h11-13H,5-10H2,1-4H3,(H,21,23). The van der Waals surface area contributed by atoms with E-state index in [2.05, 4.69) is 12.2 Å². The molecular formula is C20H28N2O8. The Bertz CT molecular complexity index is 787. The van der Waals surface area contributed by atoms with Crippen LogP contribution in [0.25, 0.3) is 0 Å². The van der Waals surface area contributed by atoms with Crippen LogP contribution in [0.3, 0.4) is 0 Å². The van der Waals surface area contributed by atoms with Gasteiger partial charge < -0.3 is 24.3 Å². The summed E-state index contributed by atoms with van der Waals surface area (Å²) >= 11 is 0. The Morgan fingerprint density at radius 3 is 2.37 bits per heavy atom. The molecule has 0 unspecified atom stereocenters. The van der Waals surface area contributed by atoms with Gasteiger partial charge in [0.15, 0.2) is 11.5 Å². The van der Waals surface area contributed by atoms with Gasteiger partial charge in [0.1, 0.15) is 17.7 Å². The molecule has 0 saturated heterocycles. The van der Waals surface area contributed by atoms with Gasteiger partial charge in [-0.3, -0.25) is 14.9 Å². The lowest BCUT2D eigenvalue weighted by Gasteiger charge is -2.37. The lowest BCUT2D eigenvalue weighted by atomic mass is 9.77. The number of nitro benzene ring substituents is 1. The first-order valence-corrected chi connectivity index (χ1v) is 9.67. The fourth-order valence-electron chi connectivity index (χ4n) is 3.50. The fraction of sp³-hybridized carbons (Fsp3) is 0.600. The molecule has 0 heterocycles. The molecule has 0 bridgehead atoms. The summed E-state index contributed by atoms with van der Waals surface area (Å²) in [4.78, 5) is 36.5. The van der Waals surface area contributed by atoms with E-state index in [0.717, 1.165) is 18.9 Å². The van der Waals surface area contributed by atoms with Gasteiger partial charge in [-0.05, 0) is 31.6 Å². The van der Waals surface area contributed by atoms with Crippen LogP contribution in [-0.2, 0) is 14.3 Å². The van der Waals surface area contributed by atoms with Crippen LogP contribution >= 0.6 is 0 Å². The Morgan fingerprint density at radius 2 is 1.83 bits per heavy atom. The number of nitrogens with one attached hydrogen (secondary N) is 1. The van der Waals surface area contributed by atoms with Crippen molar-refractivity contribution in [2.24, 2.45) is 5.92 Å². The highest BCUT2D eigenvalue weighted by molar-refractivity contribution is 6.02. The lowest BCUT2D eigenvalue weighted by Crippen LogP contribution is -2.56. The highest BCUT2D eigenvalue weighted by Gasteiger charge is 2.44. The van der Waals surface area contributed by atoms with Crippen molar-refractivity contribution in [1.82, 2.24) is 5.32 Å². The quantitative estimate of drug-likeness (QED) is 0.277. The van der Waals surface area contributed by atoms with Crippen LogP contribution in [0.2, 0.25) is 0 Å². The zero-order valence-electron chi connectivity index (χ0n) is 17.7. The molecule has 1 aromatic carbocycles. The summed E-state index contributed by atoms with van der Waals surface area (Å²) in [6, 6.07) is 2.38. The largest absolute Gasteiger partial charge is 0.493 e. The minimum absolute atomic E-state index is 0.118. The van der Waals surface area contributed by atoms with Gasteiger partial charge in [-0.25, -0.2) is 4.79 Å². The number of hydrogen-bond acceptors (Lipinski definition) is 8. The summed E-state index contributed by atoms with van der Waals surface area (Å²) in [7, 11) is 4.12. The van der Waals surface area contributed by atoms with E-state index in [0.29, 0.717) is 18.8 Å². The summed E-state index contributed by atoms with van der Waals surface area (Å²) in [5.41, 5.74) is -1.89. The first-order chi connectivity index (χ1) is 14.3. The number of nitrogens with zero attached hydrogens (tertiary/aromatic N) is 1. The zero-order valence-corrected chi connectivity index (χ0v) is 17.7. The van der Waals surface area contributed by atoms with E-state index >= 15 is 0 Å². The van der Waals surface area contributed by atoms with Crippen molar-refractivity contribution in [2.45, 2.75) is 38.1 Å². The molecule has 166 valence electrons. The molecule has 1 N–H and O–H groups in total. The van der Waals surface area contributed by atoms with Gasteiger partial charge in [0.25, 0.3) is 11.6 Å². The van der Waals surface area contributed by atoms with Gasteiger partial charge in [0.05, 0.1) is 31.8 Å². The molecule has 0 spiro atoms. The fourth-order valence-corrected chi connectivity index (χ4v) is 3.50. The zero-order chi connectivity index (χ0) is 22.3. The summed E-state index contributed by atoms with van der Waals surface area (Å²) in [5.74, 6) is -0.615. The topological polar surface area (TPSA) is 126 Å². The third-order valence-corrected chi connectivity index (χ3v) is 5.33. The van der Waals surface area contributed by atoms with Crippen molar-refractivity contribution in [3.63, 3.8) is 0 Å². The van der Waals surface area contributed by atoms with E-state index in [1.165, 1.54) is 27.4 Å². The summed E-state index contributed by atoms with van der Waals surface area (Å²) in [6.45, 7) is 2.50. The van der Waals surface area contributed by atoms with Crippen molar-refractivity contribution in [3.8, 4) is 11.5 Å². The molecule has 0 radical (unpaired) electrons. The van der Waals surface area contributed by atoms with Crippen LogP contribution in [0.4, 0.5) is 5.69 Å². The van der Waals surface area contributed by atoms with Gasteiger partial charge in [0, 0.05) is 13.2 Å². The molecule has 30 heavy (non-hydrogen) atoms. The van der Waals surface area contributed by atoms with E-state index in [4.69, 9.17) is 18.9 Å². The summed E-state index contributed by atoms with van der Waals surface area (Å²) in [5, 5.41) is 14.3. The smallest absolute Gasteiger partial charge is 0.331 e. The van der Waals surface area contributed by atoms with Crippen molar-refractivity contribution in [3.05, 3.63) is 27.8 Å². The third kappa shape index (κ3) is 5.18. The number of amides is 1. The van der Waals surface area contributed by atoms with Gasteiger partial charge in [-0.2, -0.15) is 0 Å². The van der Waals surface area contributed by atoms with Crippen LogP contribution in [-0.4, -0.2) is 56.9 Å². The highest BCUT2D eigenvalue weighted by atomic mass is 16.6. The Hall–Kier alpha value is -2.88. The number of methoxy groups -OCH3 is 3. The number of carbonyl (C=O) groups excluding carboxylic acids is 2. The Kier molecular flexibility index (Phi) is 7.99. The average Bonchev–Trinajstić information content (AvgIpc) is 2.74. The van der Waals surface area contributed by atoms with Crippen LogP contribution in [0, 0.1) is 16.0 Å². The molecule has 1 aliphatic rings. The van der Waals surface area contributed by atoms with E-state index < -0.39 is 28.0 Å². The number of ether oxygens (including phenoxy) is 4. The number of benzene rings is 1. The molecule has 10 nitrogen and oxygen atoms in total. The van der Waals surface area contributed by atoms with Crippen LogP contribution in [0.5, 0.6) is 11.5 Å². The second kappa shape index (κ2) is 10.2. The van der Waals surface area contributed by atoms with E-state index in [9.17, 15) is 19.7 Å². The van der Waals surface area contributed by atoms with E-state index in [1.54, 1.807) is 0 Å². The van der Waals surface area contributed by atoms with Gasteiger partial charge in [0.2, 0.25) is 0 Å². The minimum atomic E-state index is -1.22. The number of esters is 1. The molecular weight excluding hydrogens is 396 g/mol. The molecule has 0 atom stereocenters. The van der Waals surface area contributed by atoms with Crippen molar-refractivity contribution in [2.75, 3.05) is 34.5 Å². The number of nitro groups is 1. The van der Waals surface area contributed by atoms with Gasteiger partial charge >= 0.3 is 5.97 Å². The maximum atomic E-state index is 13.0. The molecule has 1 aromatic rings. The molecule has 1 aliphatic carbocycles. The second-order valence-electron chi connectivity index (χ2n) is 7.33. The van der Waals surface area contributed by atoms with Gasteiger partial charge in [-0.1, -0.05) is 6.92 Å². The monoisotopic (exact) mass is 424 g/mol. The van der Waals surface area contributed by atoms with Gasteiger partial charge in [-0.15, -0.1) is 0 Å². The second-order valence-corrected chi connectivity index (χ2v) is 7.33. The molecule has 10 heteroatoms. The molecule has 0 aliphatic heterocycles. The van der Waals surface area contributed by atoms with Crippen LogP contribution in [0.1, 0.15) is 43.0 Å². The van der Waals surface area contributed by atoms with Crippen molar-refractivity contribution >= 4 is 17.6 Å². The minimum Gasteiger partial charge on any atom is -0.493 e. The Labute approximate surface area is 175 Å². The number of hydrogen-bond donors (Lipinski definition) is 1. The Balaban J connectivity index is 2.39. The first-order valence-electron chi connectivity index (χ1n) is 9.67. The maximum absolute atomic E-state index is 13.0. The number of rotatable bonds is 9. The molecule has 1 amide bonds. The normalized spacial score (nSPS) is 20.9. The van der Waals surface area contributed by atoms with E-state index in [1.807, 2.05) is 0 Å². The predicted molar refractivity (Wildman–Crippen MR) is 107 cm³/mol. The third-order valence-electron chi connectivity index (χ3n) is 5.33. The van der Waals surface area contributed by atoms with E-state index in [-0.39, 0.29) is 30.3 Å². The molecule has 1 saturated carbocycles. The molecule has 1 fully saturated rings. The average molecular weight is 424 g/mol. The number of carbonyl (C=O) groups is 2. The van der Waals surface area contributed by atoms with Crippen LogP contribution < -0.4 is 14.8 Å². The Morgan fingerprint density at radius 1 is 1.17 bits per heavy atom. The predicted octanol–water partition coefficient (Wildman–Crippen LogP) is 2.48. The highest BCUT2D eigenvalue weighted by Crippen LogP contribution is 2.37. The van der Waals surface area contributed by atoms with Crippen molar-refractivity contribution in [1.29, 1.82) is 0 Å². The molecule has 0 aromatic heterocycles. The lowest BCUT2D eigenvalue weighted by molar-refractivity contribution is -0.385. The maximum Gasteiger partial charge on any atom is 0.331 e. The molecule has 2 rings (SSSR count). The SMILES string of the molecule is COCCOc1cc([N+](=O)[O-])c(C(=O)NC2(C(=O)OC)CCC(C)CC2)cc1OC. The van der Waals surface area contributed by atoms with Crippen molar-refractivity contribution < 1.29 is 33.5 Å².